The first kappa shape index (κ1) is 43.7. The first-order valence-electron chi connectivity index (χ1n) is 19.0. The van der Waals surface area contributed by atoms with E-state index < -0.39 is 71.8 Å². The molecule has 0 bridgehead atoms. The average molecular weight is 787 g/mol. The van der Waals surface area contributed by atoms with E-state index in [1.165, 1.54) is 19.4 Å². The van der Waals surface area contributed by atoms with Crippen LogP contribution in [-0.2, 0) is 48.0 Å². The monoisotopic (exact) mass is 786 g/mol. The minimum Gasteiger partial charge on any atom is -0.480 e. The molecule has 0 aliphatic carbocycles. The maximum atomic E-state index is 14.4. The number of carboxylic acid groups (broad SMARTS) is 1. The molecule has 0 aliphatic rings. The topological polar surface area (TPSA) is 279 Å². The fourth-order valence-electron chi connectivity index (χ4n) is 6.28. The lowest BCUT2D eigenvalue weighted by Crippen LogP contribution is -2.60. The van der Waals surface area contributed by atoms with Crippen LogP contribution in [0.5, 0.6) is 0 Å². The zero-order chi connectivity index (χ0) is 41.5. The van der Waals surface area contributed by atoms with Crippen molar-refractivity contribution in [2.75, 3.05) is 6.54 Å². The molecule has 0 saturated carbocycles. The summed E-state index contributed by atoms with van der Waals surface area (Å²) in [4.78, 5) is 90.4. The van der Waals surface area contributed by atoms with Crippen LogP contribution >= 0.6 is 0 Å². The molecule has 17 nitrogen and oxygen atoms in total. The Morgan fingerprint density at radius 2 is 1.32 bits per heavy atom. The maximum absolute atomic E-state index is 14.4. The summed E-state index contributed by atoms with van der Waals surface area (Å²) in [6, 6.07) is 9.57. The molecule has 17 heteroatoms. The third-order valence-electron chi connectivity index (χ3n) is 9.39. The summed E-state index contributed by atoms with van der Waals surface area (Å²) in [6.07, 6.45) is 5.63. The van der Waals surface area contributed by atoms with Crippen molar-refractivity contribution in [2.45, 2.75) is 95.5 Å². The molecule has 5 amide bonds. The molecular weight excluding hydrogens is 733 g/mol. The zero-order valence-corrected chi connectivity index (χ0v) is 32.4. The van der Waals surface area contributed by atoms with Crippen molar-refractivity contribution in [3.8, 4) is 0 Å². The van der Waals surface area contributed by atoms with Crippen molar-refractivity contribution in [1.29, 1.82) is 0 Å². The molecule has 0 unspecified atom stereocenters. The summed E-state index contributed by atoms with van der Waals surface area (Å²) in [5, 5.41) is 23.8. The van der Waals surface area contributed by atoms with Gasteiger partial charge in [0.2, 0.25) is 29.5 Å². The van der Waals surface area contributed by atoms with Crippen molar-refractivity contribution in [1.82, 2.24) is 41.5 Å². The molecule has 2 heterocycles. The Bertz CT molecular complexity index is 1950. The largest absolute Gasteiger partial charge is 0.480 e. The number of carbonyl (C=O) groups excluding carboxylic acids is 5. The average Bonchev–Trinajstić information content (AvgIpc) is 3.86. The van der Waals surface area contributed by atoms with E-state index in [9.17, 15) is 33.9 Å². The van der Waals surface area contributed by atoms with Gasteiger partial charge in [-0.25, -0.2) is 9.78 Å². The highest BCUT2D eigenvalue weighted by atomic mass is 16.4. The molecular formula is C40H54N10O7. The molecule has 306 valence electrons. The van der Waals surface area contributed by atoms with Crippen LogP contribution in [0.1, 0.15) is 56.9 Å². The fraction of sp³-hybridized carbons (Fsp3) is 0.425. The number of nitrogens with one attached hydrogen (secondary N) is 7. The maximum Gasteiger partial charge on any atom is 0.326 e. The third kappa shape index (κ3) is 13.3. The highest BCUT2D eigenvalue weighted by Crippen LogP contribution is 2.20. The number of nitrogens with two attached hydrogens (primary N) is 2. The molecule has 0 fully saturated rings. The lowest BCUT2D eigenvalue weighted by atomic mass is 10.0. The van der Waals surface area contributed by atoms with Gasteiger partial charge in [0.25, 0.3) is 0 Å². The van der Waals surface area contributed by atoms with Crippen molar-refractivity contribution in [3.63, 3.8) is 0 Å². The summed E-state index contributed by atoms with van der Waals surface area (Å²) in [5.41, 5.74) is 14.5. The summed E-state index contributed by atoms with van der Waals surface area (Å²) < 4.78 is 0. The number of hydrogen-bond acceptors (Lipinski definition) is 9. The smallest absolute Gasteiger partial charge is 0.326 e. The number of imidazole rings is 1. The third-order valence-corrected chi connectivity index (χ3v) is 9.39. The minimum absolute atomic E-state index is 0.00671. The predicted molar refractivity (Wildman–Crippen MR) is 213 cm³/mol. The van der Waals surface area contributed by atoms with Gasteiger partial charge in [-0.05, 0) is 55.8 Å². The van der Waals surface area contributed by atoms with Crippen molar-refractivity contribution < 1.29 is 33.9 Å². The molecule has 0 radical (unpaired) electrons. The first-order valence-corrected chi connectivity index (χ1v) is 19.0. The highest BCUT2D eigenvalue weighted by molar-refractivity contribution is 5.97. The van der Waals surface area contributed by atoms with Crippen LogP contribution in [0.4, 0.5) is 0 Å². The van der Waals surface area contributed by atoms with E-state index in [0.717, 1.165) is 16.5 Å². The summed E-state index contributed by atoms with van der Waals surface area (Å²) in [5.74, 6) is -4.62. The van der Waals surface area contributed by atoms with Gasteiger partial charge in [-0.2, -0.15) is 0 Å². The molecule has 0 aliphatic heterocycles. The lowest BCUT2D eigenvalue weighted by Gasteiger charge is -2.27. The molecule has 12 N–H and O–H groups in total. The van der Waals surface area contributed by atoms with Crippen molar-refractivity contribution >= 4 is 46.4 Å². The molecule has 2 aromatic heterocycles. The number of aliphatic carboxylic acids is 1. The van der Waals surface area contributed by atoms with Gasteiger partial charge in [0.15, 0.2) is 0 Å². The Hall–Kier alpha value is -6.07. The Kier molecular flexibility index (Phi) is 16.3. The standard InChI is InChI=1S/C40H54N10O7/c1-23(2)16-34(40(56)57)50-35(51)24(3)46-37(53)33(19-27-21-43-22-45-27)49-39(55)32(18-26-20-44-30-14-8-7-12-28(26)30)48-38(54)31(17-25-10-5-4-6-11-25)47-36(52)29(42)13-9-15-41/h4-8,10-12,14,20-24,29,31-34,44H,9,13,15-19,41-42H2,1-3H3,(H,43,45)(H,46,53)(H,47,52)(H,48,54)(H,49,55)(H,50,51)(H,56,57)/t24-,29-,31-,32-,33-,34-/m0/s1. The van der Waals surface area contributed by atoms with Crippen LogP contribution in [-0.4, -0.2) is 98.4 Å². The Labute approximate surface area is 330 Å². The van der Waals surface area contributed by atoms with E-state index in [0.29, 0.717) is 30.6 Å². The van der Waals surface area contributed by atoms with Gasteiger partial charge in [0.05, 0.1) is 12.4 Å². The Morgan fingerprint density at radius 1 is 0.719 bits per heavy atom. The van der Waals surface area contributed by atoms with E-state index in [4.69, 9.17) is 11.5 Å². The van der Waals surface area contributed by atoms with Gasteiger partial charge in [-0.15, -0.1) is 0 Å². The van der Waals surface area contributed by atoms with Gasteiger partial charge >= 0.3 is 5.97 Å². The van der Waals surface area contributed by atoms with Gasteiger partial charge < -0.3 is 53.1 Å². The number of carboxylic acids is 1. The van der Waals surface area contributed by atoms with Gasteiger partial charge in [-0.1, -0.05) is 62.4 Å². The van der Waals surface area contributed by atoms with Crippen LogP contribution < -0.4 is 38.1 Å². The van der Waals surface area contributed by atoms with E-state index >= 15 is 0 Å². The van der Waals surface area contributed by atoms with Gasteiger partial charge in [-0.3, -0.25) is 24.0 Å². The number of aromatic amines is 2. The van der Waals surface area contributed by atoms with Crippen LogP contribution in [0, 0.1) is 5.92 Å². The van der Waals surface area contributed by atoms with Crippen LogP contribution in [0.2, 0.25) is 0 Å². The molecule has 0 saturated heterocycles. The van der Waals surface area contributed by atoms with Crippen LogP contribution in [0.15, 0.2) is 73.3 Å². The number of benzene rings is 2. The second kappa shape index (κ2) is 21.3. The number of nitrogens with zero attached hydrogens (tertiary/aromatic N) is 1. The van der Waals surface area contributed by atoms with Gasteiger partial charge in [0.1, 0.15) is 30.2 Å². The number of fused-ring (bicyclic) bond motifs is 1. The minimum atomic E-state index is -1.28. The molecule has 6 atom stereocenters. The second-order valence-electron chi connectivity index (χ2n) is 14.5. The number of amides is 5. The molecule has 2 aromatic carbocycles. The fourth-order valence-corrected chi connectivity index (χ4v) is 6.28. The van der Waals surface area contributed by atoms with Crippen LogP contribution in [0.3, 0.4) is 0 Å². The van der Waals surface area contributed by atoms with E-state index in [1.54, 1.807) is 18.3 Å². The number of H-pyrrole nitrogens is 2. The number of para-hydroxylation sites is 1. The second-order valence-corrected chi connectivity index (χ2v) is 14.5. The number of rotatable bonds is 22. The quantitative estimate of drug-likeness (QED) is 0.0529. The molecule has 4 rings (SSSR count). The van der Waals surface area contributed by atoms with E-state index in [2.05, 4.69) is 41.5 Å². The molecule has 0 spiro atoms. The Morgan fingerprint density at radius 3 is 1.95 bits per heavy atom. The molecule has 57 heavy (non-hydrogen) atoms. The lowest BCUT2D eigenvalue weighted by molar-refractivity contribution is -0.142. The van der Waals surface area contributed by atoms with Crippen LogP contribution in [0.25, 0.3) is 10.9 Å². The van der Waals surface area contributed by atoms with Gasteiger partial charge in [0, 0.05) is 48.3 Å². The SMILES string of the molecule is CC(C)C[C@H](NC(=O)[C@H](C)NC(=O)[C@H](Cc1cnc[nH]1)NC(=O)[C@H](Cc1c[nH]c2ccccc12)NC(=O)[C@H](Cc1ccccc1)NC(=O)[C@@H](N)CCCN)C(=O)O. The highest BCUT2D eigenvalue weighted by Gasteiger charge is 2.33. The summed E-state index contributed by atoms with van der Waals surface area (Å²) in [6.45, 7) is 5.39. The number of hydrogen-bond donors (Lipinski definition) is 10. The number of aromatic nitrogens is 3. The first-order chi connectivity index (χ1) is 27.2. The summed E-state index contributed by atoms with van der Waals surface area (Å²) in [7, 11) is 0. The number of carbonyl (C=O) groups is 6. The van der Waals surface area contributed by atoms with E-state index in [-0.39, 0.29) is 31.6 Å². The normalized spacial score (nSPS) is 14.4. The van der Waals surface area contributed by atoms with Crippen molar-refractivity contribution in [2.24, 2.45) is 17.4 Å². The Balaban J connectivity index is 1.61. The molecule has 4 aromatic rings. The predicted octanol–water partition coefficient (Wildman–Crippen LogP) is 0.560. The van der Waals surface area contributed by atoms with Crippen molar-refractivity contribution in [3.05, 3.63) is 90.1 Å². The summed E-state index contributed by atoms with van der Waals surface area (Å²) >= 11 is 0. The zero-order valence-electron chi connectivity index (χ0n) is 32.4. The van der Waals surface area contributed by atoms with E-state index in [1.807, 2.05) is 56.3 Å².